The summed E-state index contributed by atoms with van der Waals surface area (Å²) in [5.74, 6) is -5.02. The third-order valence-electron chi connectivity index (χ3n) is 18.6. The van der Waals surface area contributed by atoms with E-state index in [0.717, 1.165) is 31.4 Å². The van der Waals surface area contributed by atoms with Gasteiger partial charge in [-0.15, -0.1) is 0 Å². The molecule has 6 fully saturated rings. The van der Waals surface area contributed by atoms with Gasteiger partial charge in [-0.25, -0.2) is 13.6 Å². The Balaban J connectivity index is 0.000000209. The van der Waals surface area contributed by atoms with E-state index in [2.05, 4.69) is 6.92 Å². The van der Waals surface area contributed by atoms with Crippen molar-refractivity contribution >= 4 is 47.2 Å². The Kier molecular flexibility index (Phi) is 14.8. The highest BCUT2D eigenvalue weighted by atomic mass is 19.1. The molecule has 8 aliphatic rings. The summed E-state index contributed by atoms with van der Waals surface area (Å²) in [6, 6.07) is 0. The van der Waals surface area contributed by atoms with Crippen LogP contribution in [0.25, 0.3) is 0 Å². The number of aliphatic hydroxyl groups is 2. The first-order chi connectivity index (χ1) is 33.3. The number of carbonyl (C=O) groups excluding carboxylic acids is 8. The first-order valence-electron chi connectivity index (χ1n) is 25.3. The fourth-order valence-corrected chi connectivity index (χ4v) is 15.3. The molecule has 0 spiro atoms. The molecule has 8 aliphatic carbocycles. The first kappa shape index (κ1) is 53.9. The van der Waals surface area contributed by atoms with Crippen LogP contribution >= 0.6 is 0 Å². The van der Waals surface area contributed by atoms with Crippen LogP contribution in [-0.2, 0) is 57.2 Å². The summed E-state index contributed by atoms with van der Waals surface area (Å²) in [4.78, 5) is 99.6. The molecule has 0 aromatic rings. The minimum atomic E-state index is -2.30. The van der Waals surface area contributed by atoms with Crippen LogP contribution in [0.15, 0.2) is 47.6 Å². The molecule has 390 valence electrons. The maximum absolute atomic E-state index is 17.2. The zero-order valence-corrected chi connectivity index (χ0v) is 42.1. The molecular weight excluding hydrogens is 927 g/mol. The number of halogens is 2. The van der Waals surface area contributed by atoms with E-state index in [0.29, 0.717) is 12.8 Å². The number of alkyl halides is 2. The van der Waals surface area contributed by atoms with Crippen LogP contribution < -0.4 is 0 Å². The number of esters is 3. The molecule has 71 heavy (non-hydrogen) atoms. The van der Waals surface area contributed by atoms with Gasteiger partial charge in [-0.3, -0.25) is 33.6 Å². The molecule has 0 amide bonds. The van der Waals surface area contributed by atoms with E-state index < -0.39 is 123 Å². The molecule has 17 heteroatoms. The summed E-state index contributed by atoms with van der Waals surface area (Å²) in [5.41, 5.74) is -8.61. The normalized spacial score (nSPS) is 41.4. The molecule has 6 saturated carbocycles. The molecule has 15 nitrogen and oxygen atoms in total. The quantitative estimate of drug-likeness (QED) is 0.146. The Bertz CT molecular complexity index is 2360. The number of carbonyl (C=O) groups is 8. The lowest BCUT2D eigenvalue weighted by atomic mass is 9.44. The second kappa shape index (κ2) is 19.5. The minimum Gasteiger partial charge on any atom is -0.458 e. The topological polar surface area (TPSA) is 223 Å². The molecule has 0 bridgehead atoms. The average Bonchev–Trinajstić information content (AvgIpc) is 3.76. The van der Waals surface area contributed by atoms with Gasteiger partial charge in [0.25, 0.3) is 0 Å². The zero-order valence-electron chi connectivity index (χ0n) is 42.1. The summed E-state index contributed by atoms with van der Waals surface area (Å²) in [6.07, 6.45) is 7.09. The molecule has 0 radical (unpaired) electrons. The van der Waals surface area contributed by atoms with Gasteiger partial charge in [0.05, 0.1) is 18.8 Å². The van der Waals surface area contributed by atoms with Crippen LogP contribution in [0.2, 0.25) is 0 Å². The molecule has 0 aromatic heterocycles. The number of ketones is 4. The third kappa shape index (κ3) is 8.45. The predicted octanol–water partition coefficient (Wildman–Crippen LogP) is 7.22. The van der Waals surface area contributed by atoms with Crippen molar-refractivity contribution in [3.05, 3.63) is 47.6 Å². The largest absolute Gasteiger partial charge is 0.509 e. The lowest BCUT2D eigenvalue weighted by molar-refractivity contribution is -0.229. The van der Waals surface area contributed by atoms with Gasteiger partial charge >= 0.3 is 24.1 Å². The summed E-state index contributed by atoms with van der Waals surface area (Å²) in [7, 11) is 0. The van der Waals surface area contributed by atoms with E-state index in [1.54, 1.807) is 39.8 Å². The predicted molar refractivity (Wildman–Crippen MR) is 249 cm³/mol. The van der Waals surface area contributed by atoms with Crippen molar-refractivity contribution < 1.29 is 81.0 Å². The number of aliphatic hydroxyl groups excluding tert-OH is 2. The van der Waals surface area contributed by atoms with E-state index in [-0.39, 0.29) is 87.1 Å². The van der Waals surface area contributed by atoms with Gasteiger partial charge in [0.15, 0.2) is 41.7 Å². The van der Waals surface area contributed by atoms with Crippen molar-refractivity contribution in [1.29, 1.82) is 0 Å². The van der Waals surface area contributed by atoms with E-state index in [4.69, 9.17) is 23.7 Å². The maximum atomic E-state index is 17.2. The maximum Gasteiger partial charge on any atom is 0.509 e. The van der Waals surface area contributed by atoms with Gasteiger partial charge in [-0.2, -0.15) is 0 Å². The Labute approximate surface area is 413 Å². The number of Topliss-reactive ketones (excluding diaryl/α,β-unsaturated/α-hetero) is 2. The van der Waals surface area contributed by atoms with Crippen molar-refractivity contribution in [2.75, 3.05) is 19.8 Å². The van der Waals surface area contributed by atoms with Gasteiger partial charge < -0.3 is 33.9 Å². The van der Waals surface area contributed by atoms with Crippen LogP contribution in [0, 0.1) is 51.2 Å². The fourth-order valence-electron chi connectivity index (χ4n) is 15.3. The van der Waals surface area contributed by atoms with Crippen molar-refractivity contribution in [3.8, 4) is 0 Å². The molecule has 0 saturated heterocycles. The van der Waals surface area contributed by atoms with Crippen molar-refractivity contribution in [3.63, 3.8) is 0 Å². The van der Waals surface area contributed by atoms with Gasteiger partial charge in [0.1, 0.15) is 6.17 Å². The molecule has 2 N–H and O–H groups in total. The van der Waals surface area contributed by atoms with Crippen molar-refractivity contribution in [2.45, 2.75) is 168 Å². The van der Waals surface area contributed by atoms with Crippen LogP contribution in [0.4, 0.5) is 13.6 Å². The summed E-state index contributed by atoms with van der Waals surface area (Å²) in [6.45, 7) is 12.4. The second-order valence-electron chi connectivity index (χ2n) is 22.0. The second-order valence-corrected chi connectivity index (χ2v) is 22.0. The lowest BCUT2D eigenvalue weighted by Crippen LogP contribution is -2.70. The number of fused-ring (bicyclic) bond motifs is 10. The Morgan fingerprint density at radius 2 is 1.35 bits per heavy atom. The molecule has 15 atom stereocenters. The summed E-state index contributed by atoms with van der Waals surface area (Å²) < 4.78 is 59.6. The van der Waals surface area contributed by atoms with Crippen LogP contribution in [0.5, 0.6) is 0 Å². The number of rotatable bonds is 12. The molecule has 0 unspecified atom stereocenters. The highest BCUT2D eigenvalue weighted by Crippen LogP contribution is 2.71. The average molecular weight is 997 g/mol. The highest BCUT2D eigenvalue weighted by molar-refractivity contribution is 6.02. The summed E-state index contributed by atoms with van der Waals surface area (Å²) in [5, 5.41) is 23.0. The number of hydrogen-bond donors (Lipinski definition) is 2. The Morgan fingerprint density at radius 3 is 1.99 bits per heavy atom. The SMILES string of the molecule is CCCC(=O)O[C@]1(C(=O)COC(C)=O)CC[C@H]2[C@@H]3C[C@H](F)C4=CC(=O)C=C[C@]4(C)[C@@]3(F)[C@@H](O)C[C@@]21C.CCOC(=O)O[C@]1(C(=O)COC(=O)CC)CC[C@H]2[C@@H]3CCC4=CC(=O)C=C[C@]4(C)[C@H]3[C@@H](O)C[C@@]21C. The number of ether oxygens (including phenoxy) is 5. The first-order valence-corrected chi connectivity index (χ1v) is 25.3. The van der Waals surface area contributed by atoms with E-state index >= 15 is 8.78 Å². The van der Waals surface area contributed by atoms with E-state index in [1.807, 2.05) is 13.0 Å². The van der Waals surface area contributed by atoms with Gasteiger partial charge in [-0.05, 0) is 126 Å². The minimum absolute atomic E-state index is 0.000515. The highest BCUT2D eigenvalue weighted by Gasteiger charge is 2.77. The zero-order chi connectivity index (χ0) is 52.3. The van der Waals surface area contributed by atoms with Crippen LogP contribution in [0.3, 0.4) is 0 Å². The Hall–Kier alpha value is -4.90. The van der Waals surface area contributed by atoms with Crippen LogP contribution in [0.1, 0.15) is 132 Å². The van der Waals surface area contributed by atoms with Gasteiger partial charge in [-0.1, -0.05) is 52.3 Å². The van der Waals surface area contributed by atoms with Gasteiger partial charge in [0, 0.05) is 53.3 Å². The van der Waals surface area contributed by atoms with E-state index in [9.17, 15) is 48.6 Å². The van der Waals surface area contributed by atoms with Crippen molar-refractivity contribution in [1.82, 2.24) is 0 Å². The number of allylic oxidation sites excluding steroid dienone is 8. The molecular formula is C54H70F2O15. The standard InChI is InChI=1S/C27H34F2O7.C27H36O8/c1-5-6-23(34)36-26(22(33)14-35-15(2)30)10-8-17-18-12-20(28)19-11-16(31)7-9-24(19,3)27(18,29)21(32)13-25(17,26)4;1-5-22(31)34-15-21(30)27(35-24(32)33-6-2)12-10-19-18-8-7-16-13-17(28)9-11-25(16,3)23(18)20(29)14-26(19,27)4/h7,9,11,17-18,20-21,32H,5-6,8,10,12-14H2,1-4H3;9,11,13,18-20,23,29H,5-8,10,12,14-15H2,1-4H3/t17-,18-,20-,21-,24-,25-,26-,27-;18-,19-,20-,23+,25-,26-,27-/m00/s1. The fraction of sp³-hybridized carbons (Fsp3) is 0.704. The van der Waals surface area contributed by atoms with E-state index in [1.165, 1.54) is 19.1 Å². The lowest BCUT2D eigenvalue weighted by Gasteiger charge is -2.63. The molecule has 0 aliphatic heterocycles. The third-order valence-corrected chi connectivity index (χ3v) is 18.6. The number of hydrogen-bond acceptors (Lipinski definition) is 15. The summed E-state index contributed by atoms with van der Waals surface area (Å²) >= 11 is 0. The monoisotopic (exact) mass is 996 g/mol. The smallest absolute Gasteiger partial charge is 0.458 e. The molecule has 0 aromatic carbocycles. The van der Waals surface area contributed by atoms with Crippen molar-refractivity contribution in [2.24, 2.45) is 51.2 Å². The molecule has 0 heterocycles. The molecule has 8 rings (SSSR count). The van der Waals surface area contributed by atoms with Crippen LogP contribution in [-0.4, -0.2) is 112 Å². The van der Waals surface area contributed by atoms with Gasteiger partial charge in [0.2, 0.25) is 11.6 Å². The Morgan fingerprint density at radius 1 is 0.746 bits per heavy atom.